The van der Waals surface area contributed by atoms with Crippen molar-refractivity contribution in [2.75, 3.05) is 20.3 Å². The van der Waals surface area contributed by atoms with E-state index in [4.69, 9.17) is 9.47 Å². The number of methoxy groups -OCH3 is 1. The van der Waals surface area contributed by atoms with E-state index in [-0.39, 0.29) is 12.2 Å². The fraction of sp³-hybridized carbons (Fsp3) is 0.333. The first kappa shape index (κ1) is 11.8. The van der Waals surface area contributed by atoms with Gasteiger partial charge in [0.15, 0.2) is 0 Å². The van der Waals surface area contributed by atoms with E-state index < -0.39 is 5.30 Å². The number of rotatable bonds is 4. The van der Waals surface area contributed by atoms with Gasteiger partial charge in [0.25, 0.3) is 5.56 Å². The van der Waals surface area contributed by atoms with Gasteiger partial charge < -0.3 is 9.47 Å². The Balaban J connectivity index is 2.45. The maximum Gasteiger partial charge on any atom is 0.388 e. The molecule has 0 N–H and O–H groups in total. The number of aromatic nitrogens is 1. The monoisotopic (exact) mass is 229 g/mol. The summed E-state index contributed by atoms with van der Waals surface area (Å²) in [6.45, 7) is 0.528. The molecule has 0 saturated carbocycles. The Morgan fingerprint density at radius 3 is 2.93 bits per heavy atom. The van der Waals surface area contributed by atoms with E-state index in [0.29, 0.717) is 18.6 Å². The third kappa shape index (κ3) is 4.18. The SMILES string of the molecule is COCCOC(=O)Sn1ccccc1=O. The highest BCUT2D eigenvalue weighted by atomic mass is 32.2. The van der Waals surface area contributed by atoms with Gasteiger partial charge >= 0.3 is 5.30 Å². The third-order valence-electron chi connectivity index (χ3n) is 1.47. The van der Waals surface area contributed by atoms with Gasteiger partial charge in [0.1, 0.15) is 6.61 Å². The standard InChI is InChI=1S/C9H11NO4S/c1-13-6-7-14-9(12)15-10-5-3-2-4-8(10)11/h2-5H,6-7H2,1H3. The molecule has 0 aliphatic carbocycles. The zero-order valence-corrected chi connectivity index (χ0v) is 9.03. The van der Waals surface area contributed by atoms with Gasteiger partial charge in [-0.1, -0.05) is 6.07 Å². The molecule has 0 radical (unpaired) electrons. The van der Waals surface area contributed by atoms with Crippen LogP contribution in [0.1, 0.15) is 0 Å². The van der Waals surface area contributed by atoms with E-state index in [1.54, 1.807) is 12.1 Å². The van der Waals surface area contributed by atoms with Gasteiger partial charge in [0.2, 0.25) is 0 Å². The Kier molecular flexibility index (Phi) is 4.92. The van der Waals surface area contributed by atoms with Crippen molar-refractivity contribution in [3.63, 3.8) is 0 Å². The van der Waals surface area contributed by atoms with Crippen molar-refractivity contribution in [3.05, 3.63) is 34.7 Å². The molecule has 1 rings (SSSR count). The summed E-state index contributed by atoms with van der Waals surface area (Å²) in [5.74, 6) is 0. The summed E-state index contributed by atoms with van der Waals surface area (Å²) in [6, 6.07) is 4.64. The van der Waals surface area contributed by atoms with Crippen molar-refractivity contribution in [2.45, 2.75) is 0 Å². The molecule has 0 aliphatic heterocycles. The molecule has 6 heteroatoms. The molecular weight excluding hydrogens is 218 g/mol. The molecule has 1 aromatic heterocycles. The van der Waals surface area contributed by atoms with Crippen molar-refractivity contribution >= 4 is 17.2 Å². The summed E-state index contributed by atoms with van der Waals surface area (Å²) in [7, 11) is 1.52. The van der Waals surface area contributed by atoms with Crippen molar-refractivity contribution in [2.24, 2.45) is 0 Å². The van der Waals surface area contributed by atoms with Crippen LogP contribution >= 0.6 is 11.9 Å². The molecule has 0 aliphatic rings. The number of hydrogen-bond acceptors (Lipinski definition) is 5. The number of ether oxygens (including phenoxy) is 2. The Morgan fingerprint density at radius 2 is 2.27 bits per heavy atom. The lowest BCUT2D eigenvalue weighted by Gasteiger charge is -2.04. The zero-order valence-electron chi connectivity index (χ0n) is 8.21. The lowest BCUT2D eigenvalue weighted by molar-refractivity contribution is 0.114. The molecule has 0 unspecified atom stereocenters. The van der Waals surface area contributed by atoms with Crippen LogP contribution < -0.4 is 5.56 Å². The average molecular weight is 229 g/mol. The molecule has 5 nitrogen and oxygen atoms in total. The van der Waals surface area contributed by atoms with Crippen molar-refractivity contribution in [3.8, 4) is 0 Å². The smallest absolute Gasteiger partial charge is 0.388 e. The molecule has 1 heterocycles. The number of carbonyl (C=O) groups excluding carboxylic acids is 1. The van der Waals surface area contributed by atoms with E-state index >= 15 is 0 Å². The van der Waals surface area contributed by atoms with E-state index in [2.05, 4.69) is 0 Å². The van der Waals surface area contributed by atoms with Crippen LogP contribution in [0, 0.1) is 0 Å². The fourth-order valence-electron chi connectivity index (χ4n) is 0.803. The first-order valence-corrected chi connectivity index (χ1v) is 5.03. The number of hydrogen-bond donors (Lipinski definition) is 0. The Morgan fingerprint density at radius 1 is 1.47 bits per heavy atom. The summed E-state index contributed by atoms with van der Waals surface area (Å²) >= 11 is 0.708. The highest BCUT2D eigenvalue weighted by Crippen LogP contribution is 2.05. The zero-order chi connectivity index (χ0) is 11.1. The lowest BCUT2D eigenvalue weighted by Crippen LogP contribution is -2.15. The van der Waals surface area contributed by atoms with Crippen molar-refractivity contribution in [1.29, 1.82) is 0 Å². The van der Waals surface area contributed by atoms with Crippen LogP contribution in [-0.2, 0) is 9.47 Å². The number of nitrogens with zero attached hydrogens (tertiary/aromatic N) is 1. The quantitative estimate of drug-likeness (QED) is 0.572. The van der Waals surface area contributed by atoms with Crippen LogP contribution in [0.2, 0.25) is 0 Å². The largest absolute Gasteiger partial charge is 0.454 e. The van der Waals surface area contributed by atoms with Crippen LogP contribution in [0.3, 0.4) is 0 Å². The predicted octanol–water partition coefficient (Wildman–Crippen LogP) is 1.13. The van der Waals surface area contributed by atoms with E-state index in [9.17, 15) is 9.59 Å². The van der Waals surface area contributed by atoms with E-state index in [1.807, 2.05) is 0 Å². The molecule has 0 spiro atoms. The molecule has 1 aromatic rings. The second-order valence-corrected chi connectivity index (χ2v) is 3.46. The Bertz CT molecular complexity index is 376. The summed E-state index contributed by atoms with van der Waals surface area (Å²) in [6.07, 6.45) is 1.50. The lowest BCUT2D eigenvalue weighted by atomic mass is 10.5. The summed E-state index contributed by atoms with van der Waals surface area (Å²) in [5.41, 5.74) is -0.258. The molecule has 0 amide bonds. The third-order valence-corrected chi connectivity index (χ3v) is 2.23. The minimum atomic E-state index is -0.527. The maximum atomic E-state index is 11.2. The summed E-state index contributed by atoms with van der Waals surface area (Å²) in [4.78, 5) is 22.4. The van der Waals surface area contributed by atoms with Gasteiger partial charge in [-0.3, -0.25) is 4.79 Å². The van der Waals surface area contributed by atoms with Gasteiger partial charge in [-0.05, 0) is 6.07 Å². The van der Waals surface area contributed by atoms with Crippen molar-refractivity contribution < 1.29 is 14.3 Å². The van der Waals surface area contributed by atoms with Gasteiger partial charge in [-0.2, -0.15) is 0 Å². The molecular formula is C9H11NO4S. The fourth-order valence-corrected chi connectivity index (χ4v) is 1.38. The minimum Gasteiger partial charge on any atom is -0.454 e. The Labute approximate surface area is 91.1 Å². The van der Waals surface area contributed by atoms with Crippen LogP contribution in [-0.4, -0.2) is 29.6 Å². The molecule has 0 aromatic carbocycles. The first-order chi connectivity index (χ1) is 7.24. The minimum absolute atomic E-state index is 0.184. The number of carbonyl (C=O) groups is 1. The van der Waals surface area contributed by atoms with Gasteiger partial charge in [0, 0.05) is 19.4 Å². The molecule has 0 bridgehead atoms. The van der Waals surface area contributed by atoms with Gasteiger partial charge in [-0.25, -0.2) is 8.77 Å². The Hall–Kier alpha value is -1.27. The number of pyridine rings is 1. The second-order valence-electron chi connectivity index (χ2n) is 2.55. The van der Waals surface area contributed by atoms with E-state index in [1.165, 1.54) is 23.3 Å². The molecule has 82 valence electrons. The highest BCUT2D eigenvalue weighted by molar-refractivity contribution is 8.11. The van der Waals surface area contributed by atoms with Gasteiger partial charge in [0.05, 0.1) is 18.6 Å². The summed E-state index contributed by atoms with van der Waals surface area (Å²) < 4.78 is 10.7. The van der Waals surface area contributed by atoms with Gasteiger partial charge in [-0.15, -0.1) is 0 Å². The van der Waals surface area contributed by atoms with E-state index in [0.717, 1.165) is 0 Å². The normalized spacial score (nSPS) is 9.93. The van der Waals surface area contributed by atoms with Crippen LogP contribution in [0.5, 0.6) is 0 Å². The summed E-state index contributed by atoms with van der Waals surface area (Å²) in [5, 5.41) is -0.527. The van der Waals surface area contributed by atoms with Crippen LogP contribution in [0.25, 0.3) is 0 Å². The average Bonchev–Trinajstić information content (AvgIpc) is 2.22. The molecule has 15 heavy (non-hydrogen) atoms. The highest BCUT2D eigenvalue weighted by Gasteiger charge is 2.05. The van der Waals surface area contributed by atoms with Crippen LogP contribution in [0.15, 0.2) is 29.2 Å². The topological polar surface area (TPSA) is 57.5 Å². The second kappa shape index (κ2) is 6.26. The maximum absolute atomic E-state index is 11.2. The first-order valence-electron chi connectivity index (χ1n) is 4.26. The molecule has 0 saturated heterocycles. The molecule has 0 fully saturated rings. The predicted molar refractivity (Wildman–Crippen MR) is 56.9 cm³/mol. The molecule has 0 atom stereocenters. The van der Waals surface area contributed by atoms with Crippen molar-refractivity contribution in [1.82, 2.24) is 3.97 Å². The van der Waals surface area contributed by atoms with Crippen LogP contribution in [0.4, 0.5) is 4.79 Å².